The zero-order valence-electron chi connectivity index (χ0n) is 11.6. The Morgan fingerprint density at radius 3 is 2.56 bits per heavy atom. The molecule has 0 aliphatic heterocycles. The van der Waals surface area contributed by atoms with Crippen molar-refractivity contribution in [2.75, 3.05) is 0 Å². The quantitative estimate of drug-likeness (QED) is 0.674. The Balaban J connectivity index is 1.87. The molecule has 94 valence electrons. The molecular weight excluding hydrogens is 216 g/mol. The van der Waals surface area contributed by atoms with Crippen LogP contribution in [0.25, 0.3) is 5.57 Å². The molecule has 0 heterocycles. The van der Waals surface area contributed by atoms with Crippen molar-refractivity contribution in [1.82, 2.24) is 0 Å². The lowest BCUT2D eigenvalue weighted by Crippen LogP contribution is -2.47. The minimum Gasteiger partial charge on any atom is -0.0807 e. The van der Waals surface area contributed by atoms with E-state index in [-0.39, 0.29) is 0 Å². The summed E-state index contributed by atoms with van der Waals surface area (Å²) in [6.45, 7) is 7.10. The SMILES string of the molecule is C/C(=C/C1=CC[C@H]2C[C@@H]1C2(C)C)c1ccccc1. The molecule has 1 aromatic carbocycles. The predicted molar refractivity (Wildman–Crippen MR) is 78.2 cm³/mol. The number of fused-ring (bicyclic) bond motifs is 1. The molecule has 0 spiro atoms. The monoisotopic (exact) mass is 238 g/mol. The summed E-state index contributed by atoms with van der Waals surface area (Å²) in [6, 6.07) is 10.7. The van der Waals surface area contributed by atoms with Gasteiger partial charge in [0.1, 0.15) is 0 Å². The Labute approximate surface area is 110 Å². The van der Waals surface area contributed by atoms with Crippen LogP contribution in [0.4, 0.5) is 0 Å². The molecule has 3 aliphatic carbocycles. The van der Waals surface area contributed by atoms with E-state index in [1.165, 1.54) is 24.0 Å². The van der Waals surface area contributed by atoms with E-state index in [0.717, 1.165) is 11.8 Å². The third-order valence-electron chi connectivity index (χ3n) is 5.12. The molecule has 0 heteroatoms. The van der Waals surface area contributed by atoms with Gasteiger partial charge in [-0.3, -0.25) is 0 Å². The highest BCUT2D eigenvalue weighted by atomic mass is 14.5. The molecule has 0 amide bonds. The van der Waals surface area contributed by atoms with Crippen LogP contribution in [0.5, 0.6) is 0 Å². The molecule has 0 N–H and O–H groups in total. The van der Waals surface area contributed by atoms with Crippen LogP contribution >= 0.6 is 0 Å². The predicted octanol–water partition coefficient (Wildman–Crippen LogP) is 5.08. The van der Waals surface area contributed by atoms with E-state index in [4.69, 9.17) is 0 Å². The summed E-state index contributed by atoms with van der Waals surface area (Å²) in [4.78, 5) is 0. The van der Waals surface area contributed by atoms with Crippen molar-refractivity contribution in [3.05, 3.63) is 53.6 Å². The topological polar surface area (TPSA) is 0 Å². The lowest BCUT2D eigenvalue weighted by atomic mass is 9.49. The van der Waals surface area contributed by atoms with Crippen molar-refractivity contribution in [3.63, 3.8) is 0 Å². The fraction of sp³-hybridized carbons (Fsp3) is 0.444. The average Bonchev–Trinajstić information content (AvgIpc) is 2.39. The van der Waals surface area contributed by atoms with Gasteiger partial charge in [-0.1, -0.05) is 56.3 Å². The summed E-state index contributed by atoms with van der Waals surface area (Å²) in [5, 5.41) is 0. The van der Waals surface area contributed by atoms with Crippen LogP contribution in [0, 0.1) is 17.3 Å². The third-order valence-corrected chi connectivity index (χ3v) is 5.12. The zero-order valence-corrected chi connectivity index (χ0v) is 11.6. The molecule has 1 saturated carbocycles. The number of rotatable bonds is 2. The van der Waals surface area contributed by atoms with Gasteiger partial charge in [-0.25, -0.2) is 0 Å². The summed E-state index contributed by atoms with van der Waals surface area (Å²) in [6.07, 6.45) is 7.56. The maximum Gasteiger partial charge on any atom is -0.0108 e. The smallest absolute Gasteiger partial charge is 0.0108 e. The normalized spacial score (nSPS) is 29.5. The van der Waals surface area contributed by atoms with Crippen molar-refractivity contribution in [3.8, 4) is 0 Å². The van der Waals surface area contributed by atoms with Crippen LogP contribution in [0.1, 0.15) is 39.2 Å². The van der Waals surface area contributed by atoms with Crippen LogP contribution in [0.2, 0.25) is 0 Å². The van der Waals surface area contributed by atoms with E-state index in [9.17, 15) is 0 Å². The van der Waals surface area contributed by atoms with Crippen molar-refractivity contribution < 1.29 is 0 Å². The van der Waals surface area contributed by atoms with E-state index < -0.39 is 0 Å². The van der Waals surface area contributed by atoms with Crippen molar-refractivity contribution in [2.24, 2.45) is 17.3 Å². The second-order valence-electron chi connectivity index (χ2n) is 6.44. The van der Waals surface area contributed by atoms with Crippen LogP contribution in [0.3, 0.4) is 0 Å². The Kier molecular flexibility index (Phi) is 2.69. The first kappa shape index (κ1) is 11.8. The van der Waals surface area contributed by atoms with Gasteiger partial charge < -0.3 is 0 Å². The Hall–Kier alpha value is -1.30. The van der Waals surface area contributed by atoms with Crippen molar-refractivity contribution in [2.45, 2.75) is 33.6 Å². The Morgan fingerprint density at radius 1 is 1.22 bits per heavy atom. The highest BCUT2D eigenvalue weighted by Crippen LogP contribution is 2.59. The second-order valence-corrected chi connectivity index (χ2v) is 6.44. The first-order valence-corrected chi connectivity index (χ1v) is 7.03. The van der Waals surface area contributed by atoms with E-state index in [1.54, 1.807) is 5.57 Å². The largest absolute Gasteiger partial charge is 0.0807 e. The third kappa shape index (κ3) is 1.75. The standard InChI is InChI=1S/C18H22/c1-13(14-7-5-4-6-8-14)11-15-9-10-16-12-17(15)18(16,2)3/h4-9,11,16-17H,10,12H2,1-3H3/b13-11-/t16-,17-/m0/s1. The maximum absolute atomic E-state index is 2.47. The van der Waals surface area contributed by atoms with Crippen LogP contribution < -0.4 is 0 Å². The highest BCUT2D eigenvalue weighted by molar-refractivity contribution is 5.66. The fourth-order valence-electron chi connectivity index (χ4n) is 3.60. The lowest BCUT2D eigenvalue weighted by Gasteiger charge is -2.56. The summed E-state index contributed by atoms with van der Waals surface area (Å²) in [7, 11) is 0. The molecular formula is C18H22. The summed E-state index contributed by atoms with van der Waals surface area (Å²) in [5.74, 6) is 1.71. The van der Waals surface area contributed by atoms with Crippen LogP contribution in [-0.2, 0) is 0 Å². The molecule has 3 aliphatic rings. The highest BCUT2D eigenvalue weighted by Gasteiger charge is 2.50. The molecule has 1 aromatic rings. The van der Waals surface area contributed by atoms with Gasteiger partial charge >= 0.3 is 0 Å². The number of allylic oxidation sites excluding steroid dienone is 4. The second kappa shape index (κ2) is 4.12. The molecule has 2 atom stereocenters. The number of benzene rings is 1. The molecule has 0 radical (unpaired) electrons. The van der Waals surface area contributed by atoms with Gasteiger partial charge in [0, 0.05) is 0 Å². The Morgan fingerprint density at radius 2 is 1.94 bits per heavy atom. The molecule has 1 fully saturated rings. The first-order chi connectivity index (χ1) is 8.59. The van der Waals surface area contributed by atoms with E-state index in [1.807, 2.05) is 0 Å². The summed E-state index contributed by atoms with van der Waals surface area (Å²) in [5.41, 5.74) is 4.84. The molecule has 0 saturated heterocycles. The number of hydrogen-bond acceptors (Lipinski definition) is 0. The van der Waals surface area contributed by atoms with E-state index in [0.29, 0.717) is 5.41 Å². The fourth-order valence-corrected chi connectivity index (χ4v) is 3.60. The number of hydrogen-bond donors (Lipinski definition) is 0. The molecule has 2 bridgehead atoms. The lowest BCUT2D eigenvalue weighted by molar-refractivity contribution is -0.00325. The average molecular weight is 238 g/mol. The van der Waals surface area contributed by atoms with Gasteiger partial charge in [0.2, 0.25) is 0 Å². The summed E-state index contributed by atoms with van der Waals surface area (Å²) < 4.78 is 0. The molecule has 18 heavy (non-hydrogen) atoms. The minimum atomic E-state index is 0.525. The van der Waals surface area contributed by atoms with Gasteiger partial charge in [-0.05, 0) is 53.7 Å². The van der Waals surface area contributed by atoms with Gasteiger partial charge in [0.25, 0.3) is 0 Å². The molecule has 4 rings (SSSR count). The van der Waals surface area contributed by atoms with Gasteiger partial charge in [-0.2, -0.15) is 0 Å². The molecule has 0 unspecified atom stereocenters. The first-order valence-electron chi connectivity index (χ1n) is 7.03. The van der Waals surface area contributed by atoms with Crippen molar-refractivity contribution >= 4 is 5.57 Å². The van der Waals surface area contributed by atoms with Gasteiger partial charge in [-0.15, -0.1) is 0 Å². The minimum absolute atomic E-state index is 0.525. The van der Waals surface area contributed by atoms with E-state index >= 15 is 0 Å². The van der Waals surface area contributed by atoms with Crippen LogP contribution in [0.15, 0.2) is 48.1 Å². The Bertz CT molecular complexity index is 502. The maximum atomic E-state index is 2.47. The van der Waals surface area contributed by atoms with E-state index in [2.05, 4.69) is 63.3 Å². The van der Waals surface area contributed by atoms with Gasteiger partial charge in [0.05, 0.1) is 0 Å². The van der Waals surface area contributed by atoms with Gasteiger partial charge in [0.15, 0.2) is 0 Å². The molecule has 0 aromatic heterocycles. The van der Waals surface area contributed by atoms with Crippen LogP contribution in [-0.4, -0.2) is 0 Å². The summed E-state index contributed by atoms with van der Waals surface area (Å²) >= 11 is 0. The molecule has 0 nitrogen and oxygen atoms in total. The zero-order chi connectivity index (χ0) is 12.8. The van der Waals surface area contributed by atoms with Crippen molar-refractivity contribution in [1.29, 1.82) is 0 Å².